The highest BCUT2D eigenvalue weighted by molar-refractivity contribution is 6.22. The molecule has 0 unspecified atom stereocenters. The molecule has 3 nitrogen and oxygen atoms in total. The first-order valence-corrected chi connectivity index (χ1v) is 25.2. The Morgan fingerprint density at radius 3 is 1.66 bits per heavy atom. The van der Waals surface area contributed by atoms with Crippen LogP contribution >= 0.6 is 0 Å². The monoisotopic (exact) mass is 913 g/mol. The molecule has 71 heavy (non-hydrogen) atoms. The van der Waals surface area contributed by atoms with Gasteiger partial charge in [-0.3, -0.25) is 0 Å². The molecule has 340 valence electrons. The normalized spacial score (nSPS) is 15.3. The van der Waals surface area contributed by atoms with E-state index in [4.69, 9.17) is 8.83 Å². The van der Waals surface area contributed by atoms with Crippen LogP contribution in [0.3, 0.4) is 0 Å². The number of fused-ring (bicyclic) bond motifs is 20. The topological polar surface area (TPSA) is 29.5 Å². The van der Waals surface area contributed by atoms with Gasteiger partial charge in [-0.05, 0) is 145 Å². The summed E-state index contributed by atoms with van der Waals surface area (Å²) in [6.45, 7) is 16.8. The van der Waals surface area contributed by atoms with Crippen molar-refractivity contribution in [3.63, 3.8) is 0 Å². The molecule has 0 radical (unpaired) electrons. The maximum atomic E-state index is 6.99. The standard InChI is InChI=1S/C68H51NO2/c1-38-18-8-15-25-54(38)69(43-31-33-46-52(36-43)68(6,7)62-58(46)60-48-23-13-17-27-56(48)71-65(60)61-44-21-11-14-24-50(44)67(4,5)63(61)62)42-30-32-45-51(35-42)66(2,3)53-37-49(41-29-28-39-19-9-10-20-40(39)34-41)64-59(57(45)53)47-22-12-16-26-55(47)70-64/h8-37H,1-7H3. The smallest absolute Gasteiger partial charge is 0.144 e. The van der Waals surface area contributed by atoms with Crippen molar-refractivity contribution in [2.75, 3.05) is 4.90 Å². The molecule has 0 bridgehead atoms. The zero-order valence-corrected chi connectivity index (χ0v) is 41.1. The van der Waals surface area contributed by atoms with Gasteiger partial charge in [0.25, 0.3) is 0 Å². The van der Waals surface area contributed by atoms with E-state index in [1.807, 2.05) is 0 Å². The van der Waals surface area contributed by atoms with Crippen LogP contribution in [-0.2, 0) is 16.2 Å². The van der Waals surface area contributed by atoms with Gasteiger partial charge in [-0.2, -0.15) is 0 Å². The van der Waals surface area contributed by atoms with Gasteiger partial charge in [-0.1, -0.05) is 169 Å². The molecule has 0 N–H and O–H groups in total. The Morgan fingerprint density at radius 2 is 0.930 bits per heavy atom. The number of hydrogen-bond donors (Lipinski definition) is 0. The molecule has 0 fully saturated rings. The summed E-state index contributed by atoms with van der Waals surface area (Å²) in [5.74, 6) is 0. The summed E-state index contributed by atoms with van der Waals surface area (Å²) in [7, 11) is 0. The van der Waals surface area contributed by atoms with Crippen molar-refractivity contribution < 1.29 is 8.83 Å². The summed E-state index contributed by atoms with van der Waals surface area (Å²) in [6, 6.07) is 67.4. The third kappa shape index (κ3) is 5.23. The summed E-state index contributed by atoms with van der Waals surface area (Å²) in [4.78, 5) is 2.50. The third-order valence-corrected chi connectivity index (χ3v) is 17.1. The summed E-state index contributed by atoms with van der Waals surface area (Å²) < 4.78 is 13.9. The minimum Gasteiger partial charge on any atom is -0.455 e. The molecular formula is C68H51NO2. The second-order valence-electron chi connectivity index (χ2n) is 22.0. The van der Waals surface area contributed by atoms with Crippen LogP contribution in [0, 0.1) is 6.92 Å². The van der Waals surface area contributed by atoms with Gasteiger partial charge in [0.1, 0.15) is 22.3 Å². The van der Waals surface area contributed by atoms with E-state index in [2.05, 4.69) is 235 Å². The van der Waals surface area contributed by atoms with Crippen molar-refractivity contribution in [2.24, 2.45) is 0 Å². The average molecular weight is 914 g/mol. The van der Waals surface area contributed by atoms with Crippen LogP contribution < -0.4 is 4.90 Å². The van der Waals surface area contributed by atoms with Crippen LogP contribution in [0.1, 0.15) is 80.5 Å². The molecule has 0 spiro atoms. The summed E-state index contributed by atoms with van der Waals surface area (Å²) >= 11 is 0. The molecule has 2 aromatic heterocycles. The first-order valence-electron chi connectivity index (χ1n) is 25.2. The summed E-state index contributed by atoms with van der Waals surface area (Å²) in [5.41, 5.74) is 25.7. The molecule has 15 rings (SSSR count). The van der Waals surface area contributed by atoms with Crippen LogP contribution in [0.15, 0.2) is 191 Å². The zero-order chi connectivity index (χ0) is 47.9. The SMILES string of the molecule is Cc1ccccc1N(c1ccc2c(c1)C(C)(C)c1cc(-c3ccc4ccccc4c3)c3oc4ccccc4c3c1-2)c1ccc2c(c1)C(C)(C)c1c3c(c4oc5ccccc5c4c1-2)-c1ccccc1C3(C)C. The van der Waals surface area contributed by atoms with Crippen molar-refractivity contribution in [2.45, 2.75) is 64.7 Å². The highest BCUT2D eigenvalue weighted by atomic mass is 16.3. The van der Waals surface area contributed by atoms with Gasteiger partial charge in [0.2, 0.25) is 0 Å². The van der Waals surface area contributed by atoms with E-state index in [-0.39, 0.29) is 16.2 Å². The van der Waals surface area contributed by atoms with Gasteiger partial charge in [-0.25, -0.2) is 0 Å². The molecule has 12 aromatic rings. The van der Waals surface area contributed by atoms with Crippen molar-refractivity contribution in [3.05, 3.63) is 221 Å². The lowest BCUT2D eigenvalue weighted by Gasteiger charge is -2.32. The first kappa shape index (κ1) is 40.7. The zero-order valence-electron chi connectivity index (χ0n) is 41.1. The molecular weight excluding hydrogens is 863 g/mol. The Morgan fingerprint density at radius 1 is 0.380 bits per heavy atom. The number of rotatable bonds is 4. The number of hydrogen-bond acceptors (Lipinski definition) is 3. The van der Waals surface area contributed by atoms with E-state index in [9.17, 15) is 0 Å². The maximum absolute atomic E-state index is 6.99. The van der Waals surface area contributed by atoms with Gasteiger partial charge in [0, 0.05) is 66.0 Å². The predicted molar refractivity (Wildman–Crippen MR) is 296 cm³/mol. The molecule has 3 aliphatic rings. The summed E-state index contributed by atoms with van der Waals surface area (Å²) in [6.07, 6.45) is 0. The van der Waals surface area contributed by atoms with Gasteiger partial charge in [0.05, 0.1) is 0 Å². The maximum Gasteiger partial charge on any atom is 0.144 e. The lowest BCUT2D eigenvalue weighted by atomic mass is 9.72. The number of nitrogens with zero attached hydrogens (tertiary/aromatic N) is 1. The summed E-state index contributed by atoms with van der Waals surface area (Å²) in [5, 5.41) is 7.19. The number of para-hydroxylation sites is 3. The Hall–Kier alpha value is -8.14. The number of furan rings is 2. The van der Waals surface area contributed by atoms with Crippen molar-refractivity contribution in [1.82, 2.24) is 0 Å². The lowest BCUT2D eigenvalue weighted by Crippen LogP contribution is -2.24. The Bertz CT molecular complexity index is 4340. The van der Waals surface area contributed by atoms with E-state index in [1.54, 1.807) is 0 Å². The fourth-order valence-electron chi connectivity index (χ4n) is 13.7. The molecule has 0 saturated heterocycles. The van der Waals surface area contributed by atoms with E-state index < -0.39 is 0 Å². The first-order chi connectivity index (χ1) is 34.4. The fourth-order valence-corrected chi connectivity index (χ4v) is 13.7. The second kappa shape index (κ2) is 13.8. The van der Waals surface area contributed by atoms with Crippen LogP contribution in [0.25, 0.3) is 99.2 Å². The number of aryl methyl sites for hydroxylation is 1. The van der Waals surface area contributed by atoms with Crippen LogP contribution in [0.4, 0.5) is 17.1 Å². The molecule has 0 saturated carbocycles. The second-order valence-corrected chi connectivity index (χ2v) is 22.0. The largest absolute Gasteiger partial charge is 0.455 e. The fraction of sp³-hybridized carbons (Fsp3) is 0.147. The Kier molecular flexibility index (Phi) is 7.91. The molecule has 0 aliphatic heterocycles. The van der Waals surface area contributed by atoms with E-state index in [0.717, 1.165) is 55.9 Å². The average Bonchev–Trinajstić information content (AvgIpc) is 4.14. The van der Waals surface area contributed by atoms with E-state index in [0.29, 0.717) is 0 Å². The van der Waals surface area contributed by atoms with Crippen molar-refractivity contribution >= 4 is 71.7 Å². The molecule has 3 heteroatoms. The Labute approximate surface area is 413 Å². The van der Waals surface area contributed by atoms with Crippen LogP contribution in [0.5, 0.6) is 0 Å². The molecule has 2 heterocycles. The number of anilines is 3. The van der Waals surface area contributed by atoms with Gasteiger partial charge < -0.3 is 13.7 Å². The third-order valence-electron chi connectivity index (χ3n) is 17.1. The van der Waals surface area contributed by atoms with Crippen LogP contribution in [0.2, 0.25) is 0 Å². The molecule has 0 atom stereocenters. The molecule has 10 aromatic carbocycles. The predicted octanol–water partition coefficient (Wildman–Crippen LogP) is 19.0. The highest BCUT2D eigenvalue weighted by Crippen LogP contribution is 2.64. The molecule has 0 amide bonds. The number of benzene rings is 10. The van der Waals surface area contributed by atoms with Gasteiger partial charge in [-0.15, -0.1) is 0 Å². The minimum absolute atomic E-state index is 0.224. The van der Waals surface area contributed by atoms with Crippen LogP contribution in [-0.4, -0.2) is 0 Å². The van der Waals surface area contributed by atoms with Crippen molar-refractivity contribution in [3.8, 4) is 44.5 Å². The van der Waals surface area contributed by atoms with E-state index >= 15 is 0 Å². The van der Waals surface area contributed by atoms with Gasteiger partial charge in [0.15, 0.2) is 0 Å². The molecule has 3 aliphatic carbocycles. The lowest BCUT2D eigenvalue weighted by molar-refractivity contribution is 0.600. The quantitative estimate of drug-likeness (QED) is 0.176. The Balaban J connectivity index is 0.941. The highest BCUT2D eigenvalue weighted by Gasteiger charge is 2.49. The van der Waals surface area contributed by atoms with Crippen molar-refractivity contribution in [1.29, 1.82) is 0 Å². The van der Waals surface area contributed by atoms with E-state index in [1.165, 1.54) is 99.3 Å². The minimum atomic E-state index is -0.322. The van der Waals surface area contributed by atoms with Gasteiger partial charge >= 0.3 is 0 Å².